The van der Waals surface area contributed by atoms with Crippen molar-refractivity contribution in [1.82, 2.24) is 0 Å². The molecule has 0 spiro atoms. The molecule has 0 amide bonds. The molecule has 0 aliphatic heterocycles. The zero-order valence-corrected chi connectivity index (χ0v) is 14.7. The predicted octanol–water partition coefficient (Wildman–Crippen LogP) is 6.63. The summed E-state index contributed by atoms with van der Waals surface area (Å²) in [5.41, 5.74) is 2.10. The van der Waals surface area contributed by atoms with E-state index in [1.165, 1.54) is 30.6 Å². The number of carbonyl (C=O) groups excluding carboxylic acids is 1. The lowest BCUT2D eigenvalue weighted by molar-refractivity contribution is 0.0988. The highest BCUT2D eigenvalue weighted by Crippen LogP contribution is 2.48. The molecule has 0 saturated heterocycles. The number of hydrogen-bond acceptors (Lipinski definition) is 1. The molecule has 1 atom stereocenters. The van der Waals surface area contributed by atoms with Gasteiger partial charge in [0.05, 0.1) is 0 Å². The van der Waals surface area contributed by atoms with Gasteiger partial charge in [-0.15, -0.1) is 0 Å². The molecule has 0 aliphatic rings. The van der Waals surface area contributed by atoms with Crippen LogP contribution >= 0.6 is 10.5 Å². The quantitative estimate of drug-likeness (QED) is 0.304. The third-order valence-corrected chi connectivity index (χ3v) is 6.83. The first-order chi connectivity index (χ1) is 11.7. The van der Waals surface area contributed by atoms with Crippen LogP contribution < -0.4 is 0 Å². The van der Waals surface area contributed by atoms with Crippen molar-refractivity contribution < 1.29 is 4.79 Å². The lowest BCUT2D eigenvalue weighted by atomic mass is 10.1. The maximum atomic E-state index is 12.1. The van der Waals surface area contributed by atoms with Gasteiger partial charge in [-0.1, -0.05) is 36.8 Å². The van der Waals surface area contributed by atoms with Gasteiger partial charge in [-0.05, 0) is 49.4 Å². The Morgan fingerprint density at radius 3 is 2.33 bits per heavy atom. The summed E-state index contributed by atoms with van der Waals surface area (Å²) in [5.74, 6) is 0.206. The predicted molar refractivity (Wildman–Crippen MR) is 105 cm³/mol. The molecule has 0 bridgehead atoms. The molecule has 4 rings (SSSR count). The zero-order chi connectivity index (χ0) is 16.7. The average Bonchev–Trinajstić information content (AvgIpc) is 2.95. The topological polar surface area (TPSA) is 17.1 Å². The van der Waals surface area contributed by atoms with Crippen LogP contribution in [-0.4, -0.2) is 5.78 Å². The average molecular weight is 331 g/mol. The van der Waals surface area contributed by atoms with Crippen LogP contribution in [-0.2, 0) is 0 Å². The Labute approximate surface area is 144 Å². The van der Waals surface area contributed by atoms with Gasteiger partial charge in [0, 0.05) is 33.2 Å². The Kier molecular flexibility index (Phi) is 3.70. The van der Waals surface area contributed by atoms with Crippen LogP contribution in [0.4, 0.5) is 0 Å². The molecule has 2 heteroatoms. The lowest BCUT2D eigenvalue weighted by Gasteiger charge is -1.97. The first-order valence-electron chi connectivity index (χ1n) is 8.26. The number of aryl methyl sites for hydroxylation is 1. The van der Waals surface area contributed by atoms with Gasteiger partial charge in [-0.2, -0.15) is 0 Å². The summed E-state index contributed by atoms with van der Waals surface area (Å²) < 4.78 is 2.69. The summed E-state index contributed by atoms with van der Waals surface area (Å²) in [7, 11) is -0.0836. The maximum Gasteiger partial charge on any atom is 0.187 e. The third kappa shape index (κ3) is 2.35. The fourth-order valence-corrected chi connectivity index (χ4v) is 5.57. The molecule has 24 heavy (non-hydrogen) atoms. The molecule has 1 unspecified atom stereocenters. The van der Waals surface area contributed by atoms with Gasteiger partial charge in [0.15, 0.2) is 20.1 Å². The Balaban J connectivity index is 2.08. The van der Waals surface area contributed by atoms with Crippen LogP contribution in [0.2, 0.25) is 0 Å². The van der Waals surface area contributed by atoms with Crippen LogP contribution in [0.3, 0.4) is 0 Å². The number of benzene rings is 3. The van der Waals surface area contributed by atoms with Crippen molar-refractivity contribution in [3.63, 3.8) is 0 Å². The van der Waals surface area contributed by atoms with Crippen LogP contribution in [0.1, 0.15) is 29.3 Å². The van der Waals surface area contributed by atoms with E-state index >= 15 is 0 Å². The van der Waals surface area contributed by atoms with Crippen molar-refractivity contribution >= 4 is 36.4 Å². The fourth-order valence-electron chi connectivity index (χ4n) is 3.21. The smallest absolute Gasteiger partial charge is 0.187 e. The van der Waals surface area contributed by atoms with Gasteiger partial charge in [0.1, 0.15) is 0 Å². The summed E-state index contributed by atoms with van der Waals surface area (Å²) >= 11 is 0. The van der Waals surface area contributed by atoms with E-state index in [1.807, 2.05) is 13.0 Å². The van der Waals surface area contributed by atoms with Crippen molar-refractivity contribution in [2.45, 2.75) is 20.3 Å². The highest BCUT2D eigenvalue weighted by atomic mass is 32.2. The Morgan fingerprint density at radius 1 is 0.875 bits per heavy atom. The summed E-state index contributed by atoms with van der Waals surface area (Å²) in [6, 6.07) is 23.6. The minimum Gasteiger partial charge on any atom is -0.294 e. The van der Waals surface area contributed by atoms with Crippen LogP contribution in [0, 0.1) is 6.92 Å². The highest BCUT2D eigenvalue weighted by molar-refractivity contribution is 7.50. The zero-order valence-electron chi connectivity index (χ0n) is 13.9. The number of ketones is 1. The molecule has 0 aliphatic carbocycles. The molecule has 118 valence electrons. The van der Waals surface area contributed by atoms with E-state index in [-0.39, 0.29) is 16.3 Å². The summed E-state index contributed by atoms with van der Waals surface area (Å²) in [4.78, 5) is 13.5. The number of Topliss-reactive ketones (excluding diaryl/α,β-unsaturated/α-hetero) is 1. The lowest BCUT2D eigenvalue weighted by Crippen LogP contribution is -1.95. The molecular formula is C22H19OS+. The number of thiophene rings is 1. The van der Waals surface area contributed by atoms with Gasteiger partial charge in [0.25, 0.3) is 0 Å². The summed E-state index contributed by atoms with van der Waals surface area (Å²) in [6.45, 7) is 4.03. The fraction of sp³-hybridized carbons (Fsp3) is 0.136. The van der Waals surface area contributed by atoms with Gasteiger partial charge in [-0.25, -0.2) is 0 Å². The largest absolute Gasteiger partial charge is 0.294 e. The molecule has 3 aromatic carbocycles. The van der Waals surface area contributed by atoms with Crippen molar-refractivity contribution in [3.8, 4) is 4.90 Å². The molecule has 4 aromatic rings. The van der Waals surface area contributed by atoms with E-state index in [0.717, 1.165) is 5.56 Å². The van der Waals surface area contributed by atoms with Gasteiger partial charge in [0.2, 0.25) is 0 Å². The standard InChI is InChI=1S/C22H19OS/c1-3-20(23)16-10-13-22-19(14-16)18-6-4-5-7-21(18)24(22)17-11-8-15(2)9-12-17/h4-14H,3H2,1-2H3/q+1. The molecule has 1 heterocycles. The van der Waals surface area contributed by atoms with E-state index in [9.17, 15) is 4.79 Å². The first kappa shape index (κ1) is 15.1. The molecule has 1 aromatic heterocycles. The van der Waals surface area contributed by atoms with Crippen molar-refractivity contribution in [3.05, 3.63) is 77.9 Å². The molecule has 0 N–H and O–H groups in total. The van der Waals surface area contributed by atoms with Crippen molar-refractivity contribution in [1.29, 1.82) is 0 Å². The second-order valence-electron chi connectivity index (χ2n) is 6.10. The summed E-state index contributed by atoms with van der Waals surface area (Å²) in [6.07, 6.45) is 0.546. The SMILES string of the molecule is CCC(=O)c1ccc2c(c1)c1ccccc1[s+]2-c1ccc(C)cc1. The van der Waals surface area contributed by atoms with E-state index < -0.39 is 0 Å². The van der Waals surface area contributed by atoms with Crippen LogP contribution in [0.5, 0.6) is 0 Å². The Bertz CT molecular complexity index is 1050. The second-order valence-corrected chi connectivity index (χ2v) is 8.07. The van der Waals surface area contributed by atoms with Gasteiger partial charge in [-0.3, -0.25) is 4.79 Å². The number of fused-ring (bicyclic) bond motifs is 3. The van der Waals surface area contributed by atoms with Crippen molar-refractivity contribution in [2.75, 3.05) is 0 Å². The molecule has 1 nitrogen and oxygen atoms in total. The molecule has 0 fully saturated rings. The number of rotatable bonds is 3. The monoisotopic (exact) mass is 331 g/mol. The maximum absolute atomic E-state index is 12.1. The minimum atomic E-state index is -0.0836. The van der Waals surface area contributed by atoms with E-state index in [4.69, 9.17) is 0 Å². The van der Waals surface area contributed by atoms with Crippen LogP contribution in [0.25, 0.3) is 25.1 Å². The van der Waals surface area contributed by atoms with Crippen LogP contribution in [0.15, 0.2) is 66.7 Å². The van der Waals surface area contributed by atoms with E-state index in [0.29, 0.717) is 6.42 Å². The first-order valence-corrected chi connectivity index (χ1v) is 9.49. The number of carbonyl (C=O) groups is 1. The molecule has 0 radical (unpaired) electrons. The second kappa shape index (κ2) is 5.88. The Morgan fingerprint density at radius 2 is 1.58 bits per heavy atom. The van der Waals surface area contributed by atoms with Crippen molar-refractivity contribution in [2.24, 2.45) is 0 Å². The summed E-state index contributed by atoms with van der Waals surface area (Å²) in [5, 5.41) is 2.48. The molecule has 0 saturated carbocycles. The third-order valence-electron chi connectivity index (χ3n) is 4.50. The number of hydrogen-bond donors (Lipinski definition) is 0. The van der Waals surface area contributed by atoms with Gasteiger partial charge >= 0.3 is 0 Å². The molecular weight excluding hydrogens is 312 g/mol. The normalized spacial score (nSPS) is 12.0. The van der Waals surface area contributed by atoms with E-state index in [1.54, 1.807) is 0 Å². The van der Waals surface area contributed by atoms with Gasteiger partial charge < -0.3 is 0 Å². The minimum absolute atomic E-state index is 0.0836. The Hall–Kier alpha value is -2.45. The highest BCUT2D eigenvalue weighted by Gasteiger charge is 2.24. The van der Waals surface area contributed by atoms with E-state index in [2.05, 4.69) is 67.6 Å².